The fraction of sp³-hybridized carbons (Fsp3) is 0.0909. The first-order chi connectivity index (χ1) is 13.9. The summed E-state index contributed by atoms with van der Waals surface area (Å²) in [7, 11) is -3.70. The van der Waals surface area contributed by atoms with Crippen LogP contribution in [0.5, 0.6) is 0 Å². The van der Waals surface area contributed by atoms with Crippen LogP contribution in [-0.4, -0.2) is 15.0 Å². The molecule has 0 saturated carbocycles. The number of hydrogen-bond acceptors (Lipinski definition) is 3. The smallest absolute Gasteiger partial charge is 0.260 e. The molecular weight excluding hydrogens is 490 g/mol. The quantitative estimate of drug-likeness (QED) is 0.396. The molecule has 0 aliphatic carbocycles. The van der Waals surface area contributed by atoms with E-state index < -0.39 is 10.0 Å². The zero-order valence-electron chi connectivity index (χ0n) is 15.5. The second kappa shape index (κ2) is 8.19. The number of nitrogens with zero attached hydrogens (tertiary/aromatic N) is 1. The van der Waals surface area contributed by atoms with E-state index in [1.807, 2.05) is 67.6 Å². The van der Waals surface area contributed by atoms with Gasteiger partial charge in [-0.05, 0) is 64.8 Å². The fourth-order valence-electron chi connectivity index (χ4n) is 3.05. The zero-order valence-corrected chi connectivity index (χ0v) is 19.4. The Bertz CT molecular complexity index is 1190. The number of fused-ring (bicyclic) bond motifs is 1. The Morgan fingerprint density at radius 3 is 2.34 bits per heavy atom. The highest BCUT2D eigenvalue weighted by molar-refractivity contribution is 9.15. The maximum Gasteiger partial charge on any atom is 0.264 e. The lowest BCUT2D eigenvalue weighted by Crippen LogP contribution is -2.34. The summed E-state index contributed by atoms with van der Waals surface area (Å²) < 4.78 is 29.3. The number of sulfonamides is 1. The van der Waals surface area contributed by atoms with Crippen molar-refractivity contribution in [3.8, 4) is 0 Å². The molecule has 148 valence electrons. The molecule has 0 N–H and O–H groups in total. The summed E-state index contributed by atoms with van der Waals surface area (Å²) in [5, 5.41) is 0.657. The molecule has 0 atom stereocenters. The van der Waals surface area contributed by atoms with E-state index in [-0.39, 0.29) is 11.4 Å². The maximum absolute atomic E-state index is 13.5. The van der Waals surface area contributed by atoms with Gasteiger partial charge in [0.05, 0.1) is 17.1 Å². The fourth-order valence-corrected chi connectivity index (χ4v) is 6.50. The maximum atomic E-state index is 13.5. The van der Waals surface area contributed by atoms with Crippen molar-refractivity contribution in [1.29, 1.82) is 0 Å². The van der Waals surface area contributed by atoms with Gasteiger partial charge in [-0.1, -0.05) is 65.3 Å². The minimum absolute atomic E-state index is 0.251. The summed E-state index contributed by atoms with van der Waals surface area (Å²) in [6.45, 7) is 2.19. The molecule has 0 radical (unpaired) electrons. The van der Waals surface area contributed by atoms with E-state index in [0.29, 0.717) is 10.7 Å². The normalized spacial score (nSPS) is 15.8. The van der Waals surface area contributed by atoms with Crippen LogP contribution < -0.4 is 4.31 Å². The first-order valence-electron chi connectivity index (χ1n) is 8.87. The number of benzene rings is 3. The Morgan fingerprint density at radius 1 is 1.00 bits per heavy atom. The molecule has 0 aromatic heterocycles. The minimum atomic E-state index is -3.70. The lowest BCUT2D eigenvalue weighted by molar-refractivity contribution is 0.592. The Labute approximate surface area is 188 Å². The van der Waals surface area contributed by atoms with Crippen LogP contribution in [0.1, 0.15) is 11.1 Å². The van der Waals surface area contributed by atoms with Gasteiger partial charge in [0.15, 0.2) is 0 Å². The van der Waals surface area contributed by atoms with Gasteiger partial charge in [-0.3, -0.25) is 4.31 Å². The van der Waals surface area contributed by atoms with E-state index in [1.54, 1.807) is 23.9 Å². The summed E-state index contributed by atoms with van der Waals surface area (Å²) in [6.07, 6.45) is 0. The van der Waals surface area contributed by atoms with Crippen LogP contribution in [0.25, 0.3) is 4.48 Å². The molecule has 0 unspecified atom stereocenters. The highest BCUT2D eigenvalue weighted by atomic mass is 79.9. The van der Waals surface area contributed by atoms with E-state index >= 15 is 0 Å². The summed E-state index contributed by atoms with van der Waals surface area (Å²) in [5.74, 6) is 0. The van der Waals surface area contributed by atoms with Crippen LogP contribution in [0.4, 0.5) is 5.69 Å². The SMILES string of the molecule is Cc1ccc(S(=O)(=O)N2C/C(=C(\Br)c3ccc(Cl)cc3)Sc3ccccc32)cc1. The van der Waals surface area contributed by atoms with Crippen molar-refractivity contribution in [2.75, 3.05) is 10.8 Å². The van der Waals surface area contributed by atoms with Crippen LogP contribution in [0, 0.1) is 6.92 Å². The van der Waals surface area contributed by atoms with Gasteiger partial charge < -0.3 is 0 Å². The summed E-state index contributed by atoms with van der Waals surface area (Å²) >= 11 is 11.3. The van der Waals surface area contributed by atoms with Gasteiger partial charge in [0.2, 0.25) is 0 Å². The van der Waals surface area contributed by atoms with Crippen LogP contribution in [-0.2, 0) is 10.0 Å². The highest BCUT2D eigenvalue weighted by Crippen LogP contribution is 2.46. The molecule has 1 aliphatic heterocycles. The largest absolute Gasteiger partial charge is 0.264 e. The molecule has 1 heterocycles. The van der Waals surface area contributed by atoms with Gasteiger partial charge in [-0.15, -0.1) is 0 Å². The standard InChI is InChI=1S/C22H17BrClNO2S2/c1-15-6-12-18(13-7-15)29(26,27)25-14-21(28-20-5-3-2-4-19(20)25)22(23)16-8-10-17(24)11-9-16/h2-13H,14H2,1H3/b22-21+. The number of hydrogen-bond donors (Lipinski definition) is 0. The summed E-state index contributed by atoms with van der Waals surface area (Å²) in [5.41, 5.74) is 2.66. The molecule has 3 aromatic rings. The molecule has 0 amide bonds. The molecular formula is C22H17BrClNO2S2. The molecule has 7 heteroatoms. The molecule has 0 bridgehead atoms. The second-order valence-electron chi connectivity index (χ2n) is 6.64. The predicted molar refractivity (Wildman–Crippen MR) is 125 cm³/mol. The number of para-hydroxylation sites is 1. The molecule has 29 heavy (non-hydrogen) atoms. The van der Waals surface area contributed by atoms with Gasteiger partial charge in [0.25, 0.3) is 10.0 Å². The van der Waals surface area contributed by atoms with Crippen molar-refractivity contribution in [1.82, 2.24) is 0 Å². The summed E-state index contributed by atoms with van der Waals surface area (Å²) in [4.78, 5) is 2.10. The van der Waals surface area contributed by atoms with E-state index in [2.05, 4.69) is 15.9 Å². The highest BCUT2D eigenvalue weighted by Gasteiger charge is 2.32. The van der Waals surface area contributed by atoms with Gasteiger partial charge in [-0.25, -0.2) is 8.42 Å². The van der Waals surface area contributed by atoms with Gasteiger partial charge in [0, 0.05) is 19.3 Å². The average molecular weight is 507 g/mol. The molecule has 0 spiro atoms. The predicted octanol–water partition coefficient (Wildman–Crippen LogP) is 6.71. The molecule has 0 fully saturated rings. The number of rotatable bonds is 3. The van der Waals surface area contributed by atoms with Crippen molar-refractivity contribution in [2.24, 2.45) is 0 Å². The van der Waals surface area contributed by atoms with Crippen molar-refractivity contribution >= 4 is 59.5 Å². The molecule has 0 saturated heterocycles. The van der Waals surface area contributed by atoms with Crippen molar-refractivity contribution in [3.63, 3.8) is 0 Å². The first kappa shape index (κ1) is 20.5. The Kier molecular flexibility index (Phi) is 5.80. The lowest BCUT2D eigenvalue weighted by Gasteiger charge is -2.32. The van der Waals surface area contributed by atoms with Gasteiger partial charge in [0.1, 0.15) is 0 Å². The lowest BCUT2D eigenvalue weighted by atomic mass is 10.2. The van der Waals surface area contributed by atoms with Crippen molar-refractivity contribution in [3.05, 3.63) is 93.9 Å². The molecule has 3 nitrogen and oxygen atoms in total. The van der Waals surface area contributed by atoms with Crippen LogP contribution in [0.2, 0.25) is 5.02 Å². The third-order valence-electron chi connectivity index (χ3n) is 4.61. The third-order valence-corrected chi connectivity index (χ3v) is 8.98. The van der Waals surface area contributed by atoms with Crippen LogP contribution >= 0.6 is 39.3 Å². The van der Waals surface area contributed by atoms with Gasteiger partial charge in [-0.2, -0.15) is 0 Å². The zero-order chi connectivity index (χ0) is 20.6. The van der Waals surface area contributed by atoms with Crippen molar-refractivity contribution in [2.45, 2.75) is 16.7 Å². The van der Waals surface area contributed by atoms with E-state index in [9.17, 15) is 8.42 Å². The number of halogens is 2. The third kappa shape index (κ3) is 4.12. The van der Waals surface area contributed by atoms with Crippen LogP contribution in [0.3, 0.4) is 0 Å². The minimum Gasteiger partial charge on any atom is -0.260 e. The number of anilines is 1. The second-order valence-corrected chi connectivity index (χ2v) is 10.9. The molecule has 4 rings (SSSR count). The summed E-state index contributed by atoms with van der Waals surface area (Å²) in [6, 6.07) is 22.0. The van der Waals surface area contributed by atoms with E-state index in [4.69, 9.17) is 11.6 Å². The Hall–Kier alpha value is -1.73. The van der Waals surface area contributed by atoms with Crippen LogP contribution in [0.15, 0.2) is 87.5 Å². The van der Waals surface area contributed by atoms with E-state index in [0.717, 1.165) is 25.4 Å². The van der Waals surface area contributed by atoms with Crippen molar-refractivity contribution < 1.29 is 8.42 Å². The monoisotopic (exact) mass is 505 g/mol. The van der Waals surface area contributed by atoms with E-state index in [1.165, 1.54) is 4.31 Å². The number of aryl methyl sites for hydroxylation is 1. The average Bonchev–Trinajstić information content (AvgIpc) is 2.73. The van der Waals surface area contributed by atoms with Gasteiger partial charge >= 0.3 is 0 Å². The topological polar surface area (TPSA) is 37.4 Å². The first-order valence-corrected chi connectivity index (χ1v) is 12.3. The molecule has 3 aromatic carbocycles. The molecule has 1 aliphatic rings. The Balaban J connectivity index is 1.82. The number of thioether (sulfide) groups is 1. The Morgan fingerprint density at radius 2 is 1.66 bits per heavy atom.